The lowest BCUT2D eigenvalue weighted by atomic mass is 10.1. The Labute approximate surface area is 113 Å². The maximum atomic E-state index is 13.1. The van der Waals surface area contributed by atoms with Crippen LogP contribution in [0.4, 0.5) is 23.2 Å². The lowest BCUT2D eigenvalue weighted by Gasteiger charge is -2.10. The van der Waals surface area contributed by atoms with Gasteiger partial charge in [0.05, 0.1) is 11.9 Å². The molecule has 0 aliphatic rings. The standard InChI is InChI=1S/C14H12F4N2/c1-9-2-3-11(15)6-10(9)7-19-12-4-5-13(20-8-12)14(16,17)18/h2-6,8,19H,7H2,1H3. The van der Waals surface area contributed by atoms with Crippen LogP contribution in [0.1, 0.15) is 16.8 Å². The van der Waals surface area contributed by atoms with Crippen LogP contribution < -0.4 is 5.32 Å². The van der Waals surface area contributed by atoms with E-state index in [0.717, 1.165) is 23.4 Å². The van der Waals surface area contributed by atoms with E-state index in [1.807, 2.05) is 6.92 Å². The summed E-state index contributed by atoms with van der Waals surface area (Å²) in [6.07, 6.45) is -3.34. The molecular formula is C14H12F4N2. The minimum absolute atomic E-state index is 0.316. The van der Waals surface area contributed by atoms with Crippen LogP contribution in [-0.4, -0.2) is 4.98 Å². The predicted octanol–water partition coefficient (Wildman–Crippen LogP) is 4.16. The van der Waals surface area contributed by atoms with Gasteiger partial charge in [-0.3, -0.25) is 0 Å². The molecule has 106 valence electrons. The second kappa shape index (κ2) is 5.48. The number of nitrogens with one attached hydrogen (secondary N) is 1. The molecule has 0 bridgehead atoms. The van der Waals surface area contributed by atoms with Crippen LogP contribution in [0.15, 0.2) is 36.5 Å². The van der Waals surface area contributed by atoms with E-state index in [0.29, 0.717) is 12.2 Å². The first kappa shape index (κ1) is 14.3. The number of anilines is 1. The molecule has 0 spiro atoms. The number of hydrogen-bond acceptors (Lipinski definition) is 2. The second-order valence-corrected chi connectivity index (χ2v) is 4.35. The minimum Gasteiger partial charge on any atom is -0.380 e. The molecule has 1 aromatic heterocycles. The molecule has 0 fully saturated rings. The zero-order chi connectivity index (χ0) is 14.8. The van der Waals surface area contributed by atoms with Gasteiger partial charge in [-0.1, -0.05) is 6.07 Å². The highest BCUT2D eigenvalue weighted by Gasteiger charge is 2.31. The summed E-state index contributed by atoms with van der Waals surface area (Å²) in [4.78, 5) is 3.34. The molecule has 0 aliphatic heterocycles. The van der Waals surface area contributed by atoms with E-state index < -0.39 is 11.9 Å². The summed E-state index contributed by atoms with van der Waals surface area (Å²) in [6.45, 7) is 2.15. The highest BCUT2D eigenvalue weighted by molar-refractivity contribution is 5.43. The first-order valence-corrected chi connectivity index (χ1v) is 5.88. The van der Waals surface area contributed by atoms with Gasteiger partial charge in [0.1, 0.15) is 11.5 Å². The molecule has 2 rings (SSSR count). The molecule has 0 amide bonds. The number of pyridine rings is 1. The van der Waals surface area contributed by atoms with Crippen LogP contribution in [0.25, 0.3) is 0 Å². The fourth-order valence-electron chi connectivity index (χ4n) is 1.69. The first-order valence-electron chi connectivity index (χ1n) is 5.88. The summed E-state index contributed by atoms with van der Waals surface area (Å²) < 4.78 is 50.1. The summed E-state index contributed by atoms with van der Waals surface area (Å²) in [6, 6.07) is 6.60. The van der Waals surface area contributed by atoms with Gasteiger partial charge in [-0.15, -0.1) is 0 Å². The normalized spacial score (nSPS) is 11.4. The number of halogens is 4. The number of benzene rings is 1. The Balaban J connectivity index is 2.06. The molecular weight excluding hydrogens is 272 g/mol. The van der Waals surface area contributed by atoms with E-state index >= 15 is 0 Å². The van der Waals surface area contributed by atoms with Gasteiger partial charge in [0.15, 0.2) is 0 Å². The van der Waals surface area contributed by atoms with Crippen molar-refractivity contribution in [2.24, 2.45) is 0 Å². The summed E-state index contributed by atoms with van der Waals surface area (Å²) in [7, 11) is 0. The monoisotopic (exact) mass is 284 g/mol. The molecule has 0 unspecified atom stereocenters. The molecule has 2 aromatic rings. The van der Waals surface area contributed by atoms with Gasteiger partial charge in [-0.25, -0.2) is 9.37 Å². The van der Waals surface area contributed by atoms with E-state index in [-0.39, 0.29) is 5.82 Å². The van der Waals surface area contributed by atoms with Gasteiger partial charge < -0.3 is 5.32 Å². The third kappa shape index (κ3) is 3.46. The Morgan fingerprint density at radius 3 is 2.50 bits per heavy atom. The van der Waals surface area contributed by atoms with Gasteiger partial charge in [0.2, 0.25) is 0 Å². The Morgan fingerprint density at radius 2 is 1.90 bits per heavy atom. The van der Waals surface area contributed by atoms with Crippen LogP contribution in [0, 0.1) is 12.7 Å². The van der Waals surface area contributed by atoms with Gasteiger partial charge in [-0.05, 0) is 42.3 Å². The fourth-order valence-corrected chi connectivity index (χ4v) is 1.69. The molecule has 6 heteroatoms. The molecule has 0 saturated heterocycles. The minimum atomic E-state index is -4.45. The Morgan fingerprint density at radius 1 is 1.15 bits per heavy atom. The second-order valence-electron chi connectivity index (χ2n) is 4.35. The quantitative estimate of drug-likeness (QED) is 0.856. The zero-order valence-corrected chi connectivity index (χ0v) is 10.6. The van der Waals surface area contributed by atoms with Crippen LogP contribution in [0.2, 0.25) is 0 Å². The molecule has 2 nitrogen and oxygen atoms in total. The van der Waals surface area contributed by atoms with E-state index in [1.165, 1.54) is 18.2 Å². The molecule has 0 aliphatic carbocycles. The highest BCUT2D eigenvalue weighted by Crippen LogP contribution is 2.27. The Hall–Kier alpha value is -2.11. The summed E-state index contributed by atoms with van der Waals surface area (Å²) in [5.41, 5.74) is 1.15. The lowest BCUT2D eigenvalue weighted by Crippen LogP contribution is -2.08. The molecule has 20 heavy (non-hydrogen) atoms. The maximum Gasteiger partial charge on any atom is 0.433 e. The topological polar surface area (TPSA) is 24.9 Å². The smallest absolute Gasteiger partial charge is 0.380 e. The van der Waals surface area contributed by atoms with Crippen LogP contribution in [-0.2, 0) is 12.7 Å². The van der Waals surface area contributed by atoms with Crippen molar-refractivity contribution in [1.29, 1.82) is 0 Å². The number of rotatable bonds is 3. The van der Waals surface area contributed by atoms with E-state index in [4.69, 9.17) is 0 Å². The van der Waals surface area contributed by atoms with Crippen LogP contribution >= 0.6 is 0 Å². The zero-order valence-electron chi connectivity index (χ0n) is 10.6. The Kier molecular flexibility index (Phi) is 3.92. The third-order valence-electron chi connectivity index (χ3n) is 2.85. The van der Waals surface area contributed by atoms with Crippen molar-refractivity contribution >= 4 is 5.69 Å². The van der Waals surface area contributed by atoms with Crippen molar-refractivity contribution < 1.29 is 17.6 Å². The van der Waals surface area contributed by atoms with E-state index in [2.05, 4.69) is 10.3 Å². The number of hydrogen-bond donors (Lipinski definition) is 1. The highest BCUT2D eigenvalue weighted by atomic mass is 19.4. The lowest BCUT2D eigenvalue weighted by molar-refractivity contribution is -0.141. The number of alkyl halides is 3. The molecule has 1 aromatic carbocycles. The predicted molar refractivity (Wildman–Crippen MR) is 67.7 cm³/mol. The van der Waals surface area contributed by atoms with Gasteiger partial charge in [0.25, 0.3) is 0 Å². The number of aryl methyl sites for hydroxylation is 1. The van der Waals surface area contributed by atoms with E-state index in [9.17, 15) is 17.6 Å². The summed E-state index contributed by atoms with van der Waals surface area (Å²) >= 11 is 0. The average Bonchev–Trinajstić information content (AvgIpc) is 2.39. The third-order valence-corrected chi connectivity index (χ3v) is 2.85. The van der Waals surface area contributed by atoms with Crippen LogP contribution in [0.3, 0.4) is 0 Å². The first-order chi connectivity index (χ1) is 9.36. The summed E-state index contributed by atoms with van der Waals surface area (Å²) in [5.74, 6) is -0.349. The van der Waals surface area contributed by atoms with Gasteiger partial charge >= 0.3 is 6.18 Å². The van der Waals surface area contributed by atoms with Gasteiger partial charge in [0, 0.05) is 6.54 Å². The molecule has 0 radical (unpaired) electrons. The maximum absolute atomic E-state index is 13.1. The SMILES string of the molecule is Cc1ccc(F)cc1CNc1ccc(C(F)(F)F)nc1. The van der Waals surface area contributed by atoms with E-state index in [1.54, 1.807) is 6.07 Å². The van der Waals surface area contributed by atoms with Gasteiger partial charge in [-0.2, -0.15) is 13.2 Å². The van der Waals surface area contributed by atoms with Crippen molar-refractivity contribution in [2.75, 3.05) is 5.32 Å². The van der Waals surface area contributed by atoms with Crippen molar-refractivity contribution in [3.8, 4) is 0 Å². The molecule has 0 saturated carbocycles. The van der Waals surface area contributed by atoms with Crippen LogP contribution in [0.5, 0.6) is 0 Å². The Bertz CT molecular complexity index is 591. The van der Waals surface area contributed by atoms with Crippen molar-refractivity contribution in [1.82, 2.24) is 4.98 Å². The molecule has 1 N–H and O–H groups in total. The largest absolute Gasteiger partial charge is 0.433 e. The summed E-state index contributed by atoms with van der Waals surface area (Å²) in [5, 5.41) is 2.91. The number of aromatic nitrogens is 1. The fraction of sp³-hybridized carbons (Fsp3) is 0.214. The average molecular weight is 284 g/mol. The number of nitrogens with zero attached hydrogens (tertiary/aromatic N) is 1. The molecule has 0 atom stereocenters. The molecule has 1 heterocycles. The van der Waals surface area contributed by atoms with Crippen molar-refractivity contribution in [3.63, 3.8) is 0 Å². The van der Waals surface area contributed by atoms with Crippen molar-refractivity contribution in [2.45, 2.75) is 19.6 Å². The van der Waals surface area contributed by atoms with Crippen molar-refractivity contribution in [3.05, 3.63) is 59.2 Å².